The summed E-state index contributed by atoms with van der Waals surface area (Å²) in [7, 11) is 0. The molecular formula is C16H15ClSe. The van der Waals surface area contributed by atoms with E-state index in [0.717, 1.165) is 10.3 Å². The minimum absolute atomic E-state index is 0.481. The average Bonchev–Trinajstić information content (AvgIpc) is 2.42. The van der Waals surface area contributed by atoms with Crippen LogP contribution in [0.5, 0.6) is 0 Å². The van der Waals surface area contributed by atoms with Crippen LogP contribution in [0.25, 0.3) is 0 Å². The molecule has 92 valence electrons. The van der Waals surface area contributed by atoms with Crippen molar-refractivity contribution in [2.75, 3.05) is 0 Å². The van der Waals surface area contributed by atoms with Gasteiger partial charge in [-0.2, -0.15) is 0 Å². The van der Waals surface area contributed by atoms with E-state index in [1.54, 1.807) is 0 Å². The molecule has 0 amide bonds. The summed E-state index contributed by atoms with van der Waals surface area (Å²) in [5.41, 5.74) is 2.72. The summed E-state index contributed by atoms with van der Waals surface area (Å²) in [6.07, 6.45) is 2.01. The standard InChI is InChI=1S/C16H15ClSe/c1-2-12-18-16(13-6-4-3-5-7-13)14-8-10-15(17)11-9-14/h2-11,16H,1,12H2. The van der Waals surface area contributed by atoms with Crippen molar-refractivity contribution >= 4 is 26.6 Å². The van der Waals surface area contributed by atoms with E-state index in [0.29, 0.717) is 19.8 Å². The summed E-state index contributed by atoms with van der Waals surface area (Å²) < 4.78 is 0. The van der Waals surface area contributed by atoms with E-state index < -0.39 is 0 Å². The molecule has 0 radical (unpaired) electrons. The van der Waals surface area contributed by atoms with Crippen molar-refractivity contribution in [3.05, 3.63) is 83.4 Å². The van der Waals surface area contributed by atoms with E-state index in [1.807, 2.05) is 18.2 Å². The van der Waals surface area contributed by atoms with E-state index in [-0.39, 0.29) is 0 Å². The third-order valence-corrected chi connectivity index (χ3v) is 5.65. The number of hydrogen-bond acceptors (Lipinski definition) is 0. The first-order valence-electron chi connectivity index (χ1n) is 5.84. The molecule has 0 bridgehead atoms. The molecule has 1 unspecified atom stereocenters. The van der Waals surface area contributed by atoms with Crippen LogP contribution in [-0.2, 0) is 0 Å². The summed E-state index contributed by atoms with van der Waals surface area (Å²) in [5, 5.41) is 1.87. The topological polar surface area (TPSA) is 0 Å². The molecular weight excluding hydrogens is 307 g/mol. The summed E-state index contributed by atoms with van der Waals surface area (Å²) in [6.45, 7) is 3.83. The Hall–Kier alpha value is -1.01. The molecule has 0 fully saturated rings. The van der Waals surface area contributed by atoms with Gasteiger partial charge in [0.05, 0.1) is 0 Å². The molecule has 0 N–H and O–H groups in total. The molecule has 2 aromatic carbocycles. The van der Waals surface area contributed by atoms with Gasteiger partial charge < -0.3 is 0 Å². The fourth-order valence-corrected chi connectivity index (χ4v) is 4.10. The zero-order valence-electron chi connectivity index (χ0n) is 10.1. The second-order valence-electron chi connectivity index (χ2n) is 3.96. The predicted octanol–water partition coefficient (Wildman–Crippen LogP) is 4.74. The van der Waals surface area contributed by atoms with E-state index in [4.69, 9.17) is 11.6 Å². The van der Waals surface area contributed by atoms with Crippen molar-refractivity contribution in [1.82, 2.24) is 0 Å². The van der Waals surface area contributed by atoms with Crippen LogP contribution in [0.15, 0.2) is 67.3 Å². The minimum atomic E-state index is 0.481. The van der Waals surface area contributed by atoms with Crippen molar-refractivity contribution in [3.63, 3.8) is 0 Å². The first kappa shape index (κ1) is 13.4. The Morgan fingerprint density at radius 3 is 2.22 bits per heavy atom. The van der Waals surface area contributed by atoms with E-state index in [9.17, 15) is 0 Å². The maximum atomic E-state index is 5.96. The average molecular weight is 322 g/mol. The molecule has 2 heteroatoms. The molecule has 0 aromatic heterocycles. The molecule has 1 atom stereocenters. The van der Waals surface area contributed by atoms with Crippen LogP contribution in [0, 0.1) is 0 Å². The molecule has 0 aliphatic heterocycles. The Labute approximate surface area is 120 Å². The van der Waals surface area contributed by atoms with Crippen LogP contribution in [0.3, 0.4) is 0 Å². The third-order valence-electron chi connectivity index (χ3n) is 2.66. The van der Waals surface area contributed by atoms with Crippen LogP contribution in [0.4, 0.5) is 0 Å². The maximum absolute atomic E-state index is 5.96. The number of hydrogen-bond donors (Lipinski definition) is 0. The van der Waals surface area contributed by atoms with Crippen LogP contribution in [-0.4, -0.2) is 15.0 Å². The van der Waals surface area contributed by atoms with Gasteiger partial charge in [0.15, 0.2) is 0 Å². The molecule has 0 saturated carbocycles. The first-order chi connectivity index (χ1) is 8.81. The predicted molar refractivity (Wildman–Crippen MR) is 80.5 cm³/mol. The van der Waals surface area contributed by atoms with Gasteiger partial charge in [-0.15, -0.1) is 0 Å². The Morgan fingerprint density at radius 2 is 1.61 bits per heavy atom. The van der Waals surface area contributed by atoms with Gasteiger partial charge in [-0.25, -0.2) is 0 Å². The Balaban J connectivity index is 2.30. The van der Waals surface area contributed by atoms with Gasteiger partial charge in [-0.3, -0.25) is 0 Å². The Morgan fingerprint density at radius 1 is 1.00 bits per heavy atom. The van der Waals surface area contributed by atoms with Gasteiger partial charge in [0.25, 0.3) is 0 Å². The number of rotatable bonds is 5. The first-order valence-corrected chi connectivity index (χ1v) is 8.42. The van der Waals surface area contributed by atoms with Gasteiger partial charge in [-0.1, -0.05) is 0 Å². The monoisotopic (exact) mass is 322 g/mol. The molecule has 2 rings (SSSR count). The Kier molecular flexibility index (Phi) is 5.07. The van der Waals surface area contributed by atoms with Crippen LogP contribution < -0.4 is 0 Å². The summed E-state index contributed by atoms with van der Waals surface area (Å²) >= 11 is 6.44. The molecule has 0 saturated heterocycles. The summed E-state index contributed by atoms with van der Waals surface area (Å²) in [5.74, 6) is 0. The summed E-state index contributed by atoms with van der Waals surface area (Å²) in [4.78, 5) is 0.481. The van der Waals surface area contributed by atoms with Crippen molar-refractivity contribution in [3.8, 4) is 0 Å². The molecule has 0 nitrogen and oxygen atoms in total. The van der Waals surface area contributed by atoms with Crippen LogP contribution in [0.1, 0.15) is 15.9 Å². The van der Waals surface area contributed by atoms with Crippen molar-refractivity contribution in [1.29, 1.82) is 0 Å². The van der Waals surface area contributed by atoms with Gasteiger partial charge in [0.1, 0.15) is 0 Å². The Bertz CT molecular complexity index is 490. The normalized spacial score (nSPS) is 12.1. The number of halogens is 1. The van der Waals surface area contributed by atoms with Gasteiger partial charge in [0, 0.05) is 0 Å². The van der Waals surface area contributed by atoms with Crippen molar-refractivity contribution in [2.24, 2.45) is 0 Å². The van der Waals surface area contributed by atoms with E-state index in [2.05, 4.69) is 49.0 Å². The SMILES string of the molecule is C=CC[Se]C(c1ccccc1)c1ccc(Cl)cc1. The van der Waals surface area contributed by atoms with Crippen molar-refractivity contribution in [2.45, 2.75) is 10.1 Å². The summed E-state index contributed by atoms with van der Waals surface area (Å²) in [6, 6.07) is 18.9. The zero-order valence-corrected chi connectivity index (χ0v) is 12.5. The number of benzene rings is 2. The number of allylic oxidation sites excluding steroid dienone is 1. The van der Waals surface area contributed by atoms with Gasteiger partial charge in [0.2, 0.25) is 0 Å². The third kappa shape index (κ3) is 3.49. The second-order valence-corrected chi connectivity index (χ2v) is 6.79. The molecule has 0 aliphatic rings. The molecule has 18 heavy (non-hydrogen) atoms. The molecule has 0 aliphatic carbocycles. The zero-order chi connectivity index (χ0) is 12.8. The van der Waals surface area contributed by atoms with Crippen molar-refractivity contribution < 1.29 is 0 Å². The van der Waals surface area contributed by atoms with Crippen LogP contribution >= 0.6 is 11.6 Å². The van der Waals surface area contributed by atoms with Gasteiger partial charge >= 0.3 is 120 Å². The molecule has 0 spiro atoms. The van der Waals surface area contributed by atoms with Gasteiger partial charge in [-0.05, 0) is 0 Å². The van der Waals surface area contributed by atoms with E-state index in [1.165, 1.54) is 11.1 Å². The molecule has 0 heterocycles. The second kappa shape index (κ2) is 6.80. The van der Waals surface area contributed by atoms with Crippen LogP contribution in [0.2, 0.25) is 10.3 Å². The van der Waals surface area contributed by atoms with E-state index >= 15 is 0 Å². The molecule has 2 aromatic rings. The quantitative estimate of drug-likeness (QED) is 0.551. The fraction of sp³-hybridized carbons (Fsp3) is 0.125. The fourth-order valence-electron chi connectivity index (χ4n) is 1.81.